The third-order valence-corrected chi connectivity index (χ3v) is 10.5. The minimum absolute atomic E-state index is 0.187. The number of allylic oxidation sites excluding steroid dienone is 1. The van der Waals surface area contributed by atoms with E-state index >= 15 is 0 Å². The largest absolute Gasteiger partial charge is 0.135 e. The van der Waals surface area contributed by atoms with Crippen LogP contribution in [0.2, 0.25) is 0 Å². The zero-order valence-corrected chi connectivity index (χ0v) is 24.7. The summed E-state index contributed by atoms with van der Waals surface area (Å²) < 4.78 is 2.67. The van der Waals surface area contributed by atoms with E-state index in [-0.39, 0.29) is 5.41 Å². The zero-order chi connectivity index (χ0) is 28.6. The molecule has 0 nitrogen and oxygen atoms in total. The fourth-order valence-corrected chi connectivity index (χ4v) is 8.32. The smallest absolute Gasteiger partial charge is 0.0433 e. The second-order valence-corrected chi connectivity index (χ2v) is 12.8. The average molecular weight is 555 g/mol. The van der Waals surface area contributed by atoms with Crippen molar-refractivity contribution in [1.29, 1.82) is 0 Å². The quantitative estimate of drug-likeness (QED) is 0.204. The summed E-state index contributed by atoms with van der Waals surface area (Å²) in [5, 5.41) is 5.16. The summed E-state index contributed by atoms with van der Waals surface area (Å²) in [7, 11) is 0. The molecular weight excluding hydrogens is 525 g/mol. The normalized spacial score (nSPS) is 13.8. The molecule has 0 amide bonds. The number of thiophene rings is 1. The topological polar surface area (TPSA) is 0 Å². The van der Waals surface area contributed by atoms with E-state index in [1.807, 2.05) is 17.4 Å². The maximum Gasteiger partial charge on any atom is 0.0433 e. The van der Waals surface area contributed by atoms with Gasteiger partial charge in [0.1, 0.15) is 0 Å². The lowest BCUT2D eigenvalue weighted by molar-refractivity contribution is 0.690. The molecule has 7 aromatic rings. The van der Waals surface area contributed by atoms with E-state index in [0.29, 0.717) is 0 Å². The molecule has 0 atom stereocenters. The molecule has 0 aliphatic heterocycles. The van der Waals surface area contributed by atoms with Crippen molar-refractivity contribution in [3.63, 3.8) is 0 Å². The average Bonchev–Trinajstić information content (AvgIpc) is 3.42. The number of hydrogen-bond acceptors (Lipinski definition) is 1. The third-order valence-electron chi connectivity index (χ3n) is 9.27. The summed E-state index contributed by atoms with van der Waals surface area (Å²) in [5.41, 5.74) is 12.2. The Labute approximate surface area is 250 Å². The molecule has 200 valence electrons. The van der Waals surface area contributed by atoms with Crippen LogP contribution >= 0.6 is 11.3 Å². The molecule has 0 fully saturated rings. The first-order chi connectivity index (χ1) is 20.5. The Morgan fingerprint density at radius 1 is 0.571 bits per heavy atom. The van der Waals surface area contributed by atoms with Crippen molar-refractivity contribution in [3.05, 3.63) is 145 Å². The summed E-state index contributed by atoms with van der Waals surface area (Å²) >= 11 is 1.88. The van der Waals surface area contributed by atoms with Gasteiger partial charge in [-0.2, -0.15) is 0 Å². The van der Waals surface area contributed by atoms with Crippen LogP contribution in [-0.4, -0.2) is 0 Å². The van der Waals surface area contributed by atoms with Crippen molar-refractivity contribution < 1.29 is 0 Å². The van der Waals surface area contributed by atoms with Gasteiger partial charge in [-0.3, -0.25) is 0 Å². The Morgan fingerprint density at radius 3 is 1.93 bits per heavy atom. The molecule has 0 unspecified atom stereocenters. The molecule has 0 radical (unpaired) electrons. The second-order valence-electron chi connectivity index (χ2n) is 11.8. The molecule has 0 saturated carbocycles. The third kappa shape index (κ3) is 3.41. The molecule has 1 heteroatoms. The molecule has 1 heterocycles. The molecule has 1 aliphatic carbocycles. The highest BCUT2D eigenvalue weighted by molar-refractivity contribution is 7.26. The lowest BCUT2D eigenvalue weighted by Gasteiger charge is -2.38. The summed E-state index contributed by atoms with van der Waals surface area (Å²) in [4.78, 5) is 0. The molecular formula is C41H30S. The van der Waals surface area contributed by atoms with Gasteiger partial charge in [-0.05, 0) is 72.5 Å². The van der Waals surface area contributed by atoms with E-state index in [0.717, 1.165) is 11.1 Å². The van der Waals surface area contributed by atoms with Gasteiger partial charge in [0.05, 0.1) is 0 Å². The number of benzene rings is 6. The predicted molar refractivity (Wildman–Crippen MR) is 185 cm³/mol. The Balaban J connectivity index is 1.37. The molecule has 42 heavy (non-hydrogen) atoms. The first kappa shape index (κ1) is 25.0. The van der Waals surface area contributed by atoms with Crippen LogP contribution < -0.4 is 0 Å². The van der Waals surface area contributed by atoms with E-state index in [9.17, 15) is 0 Å². The van der Waals surface area contributed by atoms with Gasteiger partial charge in [0.15, 0.2) is 0 Å². The molecule has 1 aromatic heterocycles. The number of fused-ring (bicyclic) bond motifs is 8. The van der Waals surface area contributed by atoms with Crippen LogP contribution in [0.5, 0.6) is 0 Å². The fraction of sp³-hybridized carbons (Fsp3) is 0.0732. The van der Waals surface area contributed by atoms with E-state index in [1.54, 1.807) is 0 Å². The standard InChI is InChI=1S/C41H30S/c1-5-28-37-25(2)41(3,4)35-19-10-8-16-34(35)39(37)32-15-7-6-14-31(32)38(28)27-23-21-26(22-24-27)29-17-12-18-33-30-13-9-11-20-36(30)42-40(29)33/h5-24H,1-2H2,3-4H3. The monoisotopic (exact) mass is 554 g/mol. The van der Waals surface area contributed by atoms with Gasteiger partial charge in [0.2, 0.25) is 0 Å². The Bertz CT molecular complexity index is 2240. The van der Waals surface area contributed by atoms with E-state index in [2.05, 4.69) is 136 Å². The van der Waals surface area contributed by atoms with Crippen molar-refractivity contribution in [1.82, 2.24) is 0 Å². The van der Waals surface area contributed by atoms with Gasteiger partial charge in [0, 0.05) is 25.6 Å². The molecule has 0 saturated heterocycles. The molecule has 6 aromatic carbocycles. The first-order valence-electron chi connectivity index (χ1n) is 14.5. The molecule has 1 aliphatic rings. The molecule has 0 N–H and O–H groups in total. The first-order valence-corrected chi connectivity index (χ1v) is 15.3. The highest BCUT2D eigenvalue weighted by atomic mass is 32.1. The highest BCUT2D eigenvalue weighted by Gasteiger charge is 2.37. The van der Waals surface area contributed by atoms with Crippen LogP contribution in [0.4, 0.5) is 0 Å². The summed E-state index contributed by atoms with van der Waals surface area (Å²) in [6.07, 6.45) is 2.04. The van der Waals surface area contributed by atoms with E-state index in [1.165, 1.54) is 75.5 Å². The molecule has 0 bridgehead atoms. The van der Waals surface area contributed by atoms with Crippen molar-refractivity contribution in [2.24, 2.45) is 0 Å². The predicted octanol–water partition coefficient (Wildman–Crippen LogP) is 12.2. The van der Waals surface area contributed by atoms with Gasteiger partial charge in [-0.25, -0.2) is 0 Å². The van der Waals surface area contributed by atoms with E-state index in [4.69, 9.17) is 6.58 Å². The van der Waals surface area contributed by atoms with Gasteiger partial charge in [-0.15, -0.1) is 11.3 Å². The Kier molecular flexibility index (Phi) is 5.45. The zero-order valence-electron chi connectivity index (χ0n) is 23.9. The maximum atomic E-state index is 4.71. The van der Waals surface area contributed by atoms with Crippen LogP contribution in [0.3, 0.4) is 0 Å². The lowest BCUT2D eigenvalue weighted by Crippen LogP contribution is -2.25. The van der Waals surface area contributed by atoms with Crippen molar-refractivity contribution in [2.75, 3.05) is 0 Å². The minimum atomic E-state index is -0.187. The number of hydrogen-bond donors (Lipinski definition) is 0. The molecule has 8 rings (SSSR count). The van der Waals surface area contributed by atoms with Gasteiger partial charge >= 0.3 is 0 Å². The van der Waals surface area contributed by atoms with Gasteiger partial charge < -0.3 is 0 Å². The fourth-order valence-electron chi connectivity index (χ4n) is 7.08. The summed E-state index contributed by atoms with van der Waals surface area (Å²) in [5.74, 6) is 0. The van der Waals surface area contributed by atoms with E-state index < -0.39 is 0 Å². The number of rotatable bonds is 3. The molecule has 0 spiro atoms. The van der Waals surface area contributed by atoms with Crippen LogP contribution in [-0.2, 0) is 5.41 Å². The Hall–Kier alpha value is -4.72. The van der Waals surface area contributed by atoms with Crippen LogP contribution in [0.15, 0.2) is 128 Å². The van der Waals surface area contributed by atoms with Crippen LogP contribution in [0, 0.1) is 0 Å². The van der Waals surface area contributed by atoms with Crippen LogP contribution in [0.1, 0.15) is 30.5 Å². The summed E-state index contributed by atoms with van der Waals surface area (Å²) in [6.45, 7) is 13.6. The SMILES string of the molecule is C=Cc1c2c(c3ccccc3c1-c1ccc(-c3cccc4c3sc3ccccc34)cc1)-c1ccccc1C(C)(C)C2=C. The minimum Gasteiger partial charge on any atom is -0.135 e. The maximum absolute atomic E-state index is 4.71. The van der Waals surface area contributed by atoms with Crippen molar-refractivity contribution >= 4 is 53.9 Å². The van der Waals surface area contributed by atoms with Crippen LogP contribution in [0.25, 0.3) is 76.0 Å². The lowest BCUT2D eigenvalue weighted by atomic mass is 9.64. The highest BCUT2D eigenvalue weighted by Crippen LogP contribution is 2.55. The second kappa shape index (κ2) is 9.14. The van der Waals surface area contributed by atoms with Gasteiger partial charge in [-0.1, -0.05) is 142 Å². The van der Waals surface area contributed by atoms with Gasteiger partial charge in [0.25, 0.3) is 0 Å². The van der Waals surface area contributed by atoms with Crippen molar-refractivity contribution in [2.45, 2.75) is 19.3 Å². The Morgan fingerprint density at radius 2 is 1.17 bits per heavy atom. The summed E-state index contributed by atoms with van der Waals surface area (Å²) in [6, 6.07) is 42.2. The van der Waals surface area contributed by atoms with Crippen molar-refractivity contribution in [3.8, 4) is 33.4 Å².